The first-order chi connectivity index (χ1) is 10.1. The van der Waals surface area contributed by atoms with Gasteiger partial charge in [0.25, 0.3) is 0 Å². The number of nitrogens with zero attached hydrogens (tertiary/aromatic N) is 2. The SMILES string of the molecule is COC(=O)c1ccc(CNc2cncc(OC(C)C)n2)o1. The van der Waals surface area contributed by atoms with Crippen molar-refractivity contribution in [1.29, 1.82) is 0 Å². The Morgan fingerprint density at radius 2 is 2.19 bits per heavy atom. The van der Waals surface area contributed by atoms with Crippen molar-refractivity contribution in [2.75, 3.05) is 12.4 Å². The van der Waals surface area contributed by atoms with Gasteiger partial charge in [0.05, 0.1) is 32.2 Å². The van der Waals surface area contributed by atoms with Crippen LogP contribution in [-0.4, -0.2) is 29.2 Å². The smallest absolute Gasteiger partial charge is 0.373 e. The molecule has 2 rings (SSSR count). The minimum absolute atomic E-state index is 0.0299. The Morgan fingerprint density at radius 1 is 1.38 bits per heavy atom. The lowest BCUT2D eigenvalue weighted by molar-refractivity contribution is 0.0563. The maximum absolute atomic E-state index is 11.3. The monoisotopic (exact) mass is 291 g/mol. The molecule has 1 N–H and O–H groups in total. The number of anilines is 1. The van der Waals surface area contributed by atoms with Crippen molar-refractivity contribution in [3.8, 4) is 5.88 Å². The van der Waals surface area contributed by atoms with Gasteiger partial charge in [0.15, 0.2) is 0 Å². The van der Waals surface area contributed by atoms with E-state index < -0.39 is 5.97 Å². The number of furan rings is 1. The molecule has 0 aliphatic heterocycles. The van der Waals surface area contributed by atoms with Gasteiger partial charge in [-0.15, -0.1) is 0 Å². The summed E-state index contributed by atoms with van der Waals surface area (Å²) >= 11 is 0. The fraction of sp³-hybridized carbons (Fsp3) is 0.357. The van der Waals surface area contributed by atoms with Crippen LogP contribution in [0, 0.1) is 0 Å². The Morgan fingerprint density at radius 3 is 2.90 bits per heavy atom. The number of rotatable bonds is 6. The van der Waals surface area contributed by atoms with Gasteiger partial charge < -0.3 is 19.2 Å². The van der Waals surface area contributed by atoms with Crippen LogP contribution in [0.2, 0.25) is 0 Å². The van der Waals surface area contributed by atoms with Gasteiger partial charge in [-0.3, -0.25) is 4.98 Å². The number of carbonyl (C=O) groups excluding carboxylic acids is 1. The van der Waals surface area contributed by atoms with Crippen LogP contribution in [-0.2, 0) is 11.3 Å². The van der Waals surface area contributed by atoms with Crippen molar-refractivity contribution in [2.24, 2.45) is 0 Å². The summed E-state index contributed by atoms with van der Waals surface area (Å²) in [6.45, 7) is 4.20. The molecule has 2 aromatic heterocycles. The van der Waals surface area contributed by atoms with Crippen LogP contribution in [0.15, 0.2) is 28.9 Å². The number of aromatic nitrogens is 2. The van der Waals surface area contributed by atoms with E-state index in [4.69, 9.17) is 9.15 Å². The molecule has 0 spiro atoms. The first-order valence-electron chi connectivity index (χ1n) is 6.48. The van der Waals surface area contributed by atoms with Crippen LogP contribution in [0.1, 0.15) is 30.2 Å². The van der Waals surface area contributed by atoms with E-state index in [0.29, 0.717) is 24.0 Å². The average molecular weight is 291 g/mol. The largest absolute Gasteiger partial charge is 0.474 e. The van der Waals surface area contributed by atoms with Crippen LogP contribution in [0.25, 0.3) is 0 Å². The molecule has 2 aromatic rings. The molecule has 21 heavy (non-hydrogen) atoms. The Bertz CT molecular complexity index is 610. The normalized spacial score (nSPS) is 10.5. The molecule has 0 aliphatic rings. The second-order valence-electron chi connectivity index (χ2n) is 4.52. The molecule has 112 valence electrons. The number of ether oxygens (including phenoxy) is 2. The molecule has 0 radical (unpaired) electrons. The van der Waals surface area contributed by atoms with Gasteiger partial charge >= 0.3 is 5.97 Å². The topological polar surface area (TPSA) is 86.5 Å². The van der Waals surface area contributed by atoms with Crippen molar-refractivity contribution in [1.82, 2.24) is 9.97 Å². The van der Waals surface area contributed by atoms with Gasteiger partial charge in [-0.05, 0) is 26.0 Å². The molecule has 0 aliphatic carbocycles. The maximum Gasteiger partial charge on any atom is 0.373 e. The molecular weight excluding hydrogens is 274 g/mol. The third kappa shape index (κ3) is 4.20. The van der Waals surface area contributed by atoms with Crippen LogP contribution in [0.5, 0.6) is 5.88 Å². The third-order valence-corrected chi connectivity index (χ3v) is 2.46. The molecule has 0 amide bonds. The lowest BCUT2D eigenvalue weighted by atomic mass is 10.4. The molecule has 0 aromatic carbocycles. The standard InChI is InChI=1S/C14H17N3O4/c1-9(2)20-13-8-15-7-12(17-13)16-6-10-4-5-11(21-10)14(18)19-3/h4-5,7-9H,6H2,1-3H3,(H,16,17). The summed E-state index contributed by atoms with van der Waals surface area (Å²) in [4.78, 5) is 19.6. The minimum Gasteiger partial charge on any atom is -0.474 e. The van der Waals surface area contributed by atoms with Gasteiger partial charge in [-0.1, -0.05) is 0 Å². The number of hydrogen-bond donors (Lipinski definition) is 1. The number of methoxy groups -OCH3 is 1. The summed E-state index contributed by atoms with van der Waals surface area (Å²) in [5.74, 6) is 1.26. The molecule has 0 unspecified atom stereocenters. The molecule has 0 bridgehead atoms. The molecule has 7 nitrogen and oxygen atoms in total. The van der Waals surface area contributed by atoms with E-state index in [-0.39, 0.29) is 11.9 Å². The molecule has 7 heteroatoms. The van der Waals surface area contributed by atoms with Crippen LogP contribution in [0.3, 0.4) is 0 Å². The lowest BCUT2D eigenvalue weighted by Gasteiger charge is -2.09. The molecule has 2 heterocycles. The van der Waals surface area contributed by atoms with Crippen molar-refractivity contribution >= 4 is 11.8 Å². The Balaban J connectivity index is 1.96. The summed E-state index contributed by atoms with van der Waals surface area (Å²) < 4.78 is 15.4. The third-order valence-electron chi connectivity index (χ3n) is 2.46. The fourth-order valence-electron chi connectivity index (χ4n) is 1.59. The van der Waals surface area contributed by atoms with Crippen LogP contribution in [0.4, 0.5) is 5.82 Å². The fourth-order valence-corrected chi connectivity index (χ4v) is 1.59. The van der Waals surface area contributed by atoms with Crippen LogP contribution >= 0.6 is 0 Å². The first kappa shape index (κ1) is 14.8. The summed E-state index contributed by atoms with van der Waals surface area (Å²) in [6, 6.07) is 3.26. The van der Waals surface area contributed by atoms with Gasteiger partial charge in [0.2, 0.25) is 11.6 Å². The van der Waals surface area contributed by atoms with E-state index in [2.05, 4.69) is 20.0 Å². The Kier molecular flexibility index (Phi) is 4.76. The van der Waals surface area contributed by atoms with Gasteiger partial charge in [-0.2, -0.15) is 4.98 Å². The quantitative estimate of drug-likeness (QED) is 0.817. The number of nitrogens with one attached hydrogen (secondary N) is 1. The molecule has 0 saturated carbocycles. The van der Waals surface area contributed by atoms with Crippen molar-refractivity contribution < 1.29 is 18.7 Å². The van der Waals surface area contributed by atoms with Gasteiger partial charge in [0, 0.05) is 0 Å². The van der Waals surface area contributed by atoms with Gasteiger partial charge in [-0.25, -0.2) is 4.79 Å². The van der Waals surface area contributed by atoms with E-state index in [0.717, 1.165) is 0 Å². The van der Waals surface area contributed by atoms with Crippen molar-refractivity contribution in [2.45, 2.75) is 26.5 Å². The predicted molar refractivity (Wildman–Crippen MR) is 75.2 cm³/mol. The van der Waals surface area contributed by atoms with E-state index in [9.17, 15) is 4.79 Å². The molecule has 0 atom stereocenters. The van der Waals surface area contributed by atoms with E-state index in [1.807, 2.05) is 13.8 Å². The summed E-state index contributed by atoms with van der Waals surface area (Å²) in [5.41, 5.74) is 0. The van der Waals surface area contributed by atoms with Crippen molar-refractivity contribution in [3.05, 3.63) is 36.0 Å². The number of carbonyl (C=O) groups is 1. The first-order valence-corrected chi connectivity index (χ1v) is 6.48. The summed E-state index contributed by atoms with van der Waals surface area (Å²) in [5, 5.41) is 3.05. The van der Waals surface area contributed by atoms with E-state index in [1.165, 1.54) is 7.11 Å². The highest BCUT2D eigenvalue weighted by Gasteiger charge is 2.11. The highest BCUT2D eigenvalue weighted by Crippen LogP contribution is 2.13. The van der Waals surface area contributed by atoms with E-state index in [1.54, 1.807) is 24.5 Å². The second-order valence-corrected chi connectivity index (χ2v) is 4.52. The number of esters is 1. The maximum atomic E-state index is 11.3. The predicted octanol–water partition coefficient (Wildman–Crippen LogP) is 2.26. The van der Waals surface area contributed by atoms with Crippen LogP contribution < -0.4 is 10.1 Å². The summed E-state index contributed by atoms with van der Waals surface area (Å²) in [7, 11) is 1.30. The highest BCUT2D eigenvalue weighted by atomic mass is 16.5. The summed E-state index contributed by atoms with van der Waals surface area (Å²) in [6.07, 6.45) is 3.16. The van der Waals surface area contributed by atoms with Crippen molar-refractivity contribution in [3.63, 3.8) is 0 Å². The Labute approximate surface area is 122 Å². The van der Waals surface area contributed by atoms with Gasteiger partial charge in [0.1, 0.15) is 11.6 Å². The van der Waals surface area contributed by atoms with E-state index >= 15 is 0 Å². The molecular formula is C14H17N3O4. The number of hydrogen-bond acceptors (Lipinski definition) is 7. The average Bonchev–Trinajstić information content (AvgIpc) is 2.93. The molecule has 0 fully saturated rings. The second kappa shape index (κ2) is 6.74. The minimum atomic E-state index is -0.506. The Hall–Kier alpha value is -2.57. The zero-order valence-electron chi connectivity index (χ0n) is 12.1. The highest BCUT2D eigenvalue weighted by molar-refractivity contribution is 5.86. The zero-order valence-corrected chi connectivity index (χ0v) is 12.1. The molecule has 0 saturated heterocycles. The lowest BCUT2D eigenvalue weighted by Crippen LogP contribution is -2.08. The zero-order chi connectivity index (χ0) is 15.2.